The summed E-state index contributed by atoms with van der Waals surface area (Å²) in [6, 6.07) is 0. The number of hydrogen-bond acceptors (Lipinski definition) is 3. The van der Waals surface area contributed by atoms with Gasteiger partial charge in [-0.25, -0.2) is 0 Å². The maximum absolute atomic E-state index is 13.9. The summed E-state index contributed by atoms with van der Waals surface area (Å²) in [6.45, 7) is 18.1. The van der Waals surface area contributed by atoms with Gasteiger partial charge in [0.2, 0.25) is 0 Å². The molecule has 196 valence electrons. The van der Waals surface area contributed by atoms with Crippen molar-refractivity contribution in [2.75, 3.05) is 7.11 Å². The van der Waals surface area contributed by atoms with Crippen molar-refractivity contribution in [1.82, 2.24) is 0 Å². The van der Waals surface area contributed by atoms with E-state index in [0.29, 0.717) is 46.2 Å². The van der Waals surface area contributed by atoms with Crippen LogP contribution >= 0.6 is 0 Å². The van der Waals surface area contributed by atoms with Crippen molar-refractivity contribution >= 4 is 11.8 Å². The van der Waals surface area contributed by atoms with Crippen LogP contribution in [0.25, 0.3) is 0 Å². The lowest BCUT2D eigenvalue weighted by molar-refractivity contribution is -0.190. The molecule has 0 bridgehead atoms. The molecule has 0 N–H and O–H groups in total. The summed E-state index contributed by atoms with van der Waals surface area (Å²) in [5.41, 5.74) is 1.50. The molecule has 3 nitrogen and oxygen atoms in total. The Morgan fingerprint density at radius 1 is 1.00 bits per heavy atom. The van der Waals surface area contributed by atoms with Crippen molar-refractivity contribution in [2.24, 2.45) is 56.7 Å². The molecule has 0 aliphatic heterocycles. The van der Waals surface area contributed by atoms with Crippen LogP contribution in [0.5, 0.6) is 0 Å². The second-order valence-corrected chi connectivity index (χ2v) is 14.7. The Morgan fingerprint density at radius 2 is 1.66 bits per heavy atom. The topological polar surface area (TPSA) is 43.4 Å². The Balaban J connectivity index is 1.48. The average Bonchev–Trinajstić information content (AvgIpc) is 3.37. The van der Waals surface area contributed by atoms with Crippen molar-refractivity contribution in [3.63, 3.8) is 0 Å². The third-order valence-electron chi connectivity index (χ3n) is 13.3. The van der Waals surface area contributed by atoms with E-state index in [0.717, 1.165) is 57.8 Å². The average molecular weight is 483 g/mol. The molecule has 5 saturated carbocycles. The van der Waals surface area contributed by atoms with Gasteiger partial charge in [0.05, 0.1) is 12.5 Å². The monoisotopic (exact) mass is 482 g/mol. The Labute approximate surface area is 214 Å². The number of carbonyl (C=O) groups excluding carboxylic acids is 2. The summed E-state index contributed by atoms with van der Waals surface area (Å²) in [5, 5.41) is 0. The van der Waals surface area contributed by atoms with E-state index in [9.17, 15) is 9.59 Å². The highest BCUT2D eigenvalue weighted by atomic mass is 16.5. The number of allylic oxidation sites excluding steroid dienone is 1. The van der Waals surface area contributed by atoms with Gasteiger partial charge in [0.15, 0.2) is 0 Å². The molecule has 0 aromatic carbocycles. The van der Waals surface area contributed by atoms with Crippen LogP contribution in [0.4, 0.5) is 0 Å². The minimum absolute atomic E-state index is 0.00635. The SMILES string of the molecule is C=C(CC[C@@H](C)[C@H]1CC[C@@]2(C)[C@@H]3CC[C@H]4C(C)(C)C(=O)CC[C@@]45C[C@@]35CC[C@]12C(=O)OC)C(C)C. The molecule has 5 rings (SSSR count). The number of carbonyl (C=O) groups is 2. The summed E-state index contributed by atoms with van der Waals surface area (Å²) in [7, 11) is 1.62. The minimum Gasteiger partial charge on any atom is -0.469 e. The summed E-state index contributed by atoms with van der Waals surface area (Å²) in [6.07, 6.45) is 12.1. The lowest BCUT2D eigenvalue weighted by Gasteiger charge is -2.62. The third kappa shape index (κ3) is 3.02. The van der Waals surface area contributed by atoms with E-state index in [4.69, 9.17) is 4.74 Å². The zero-order valence-electron chi connectivity index (χ0n) is 23.6. The first-order chi connectivity index (χ1) is 16.3. The van der Waals surface area contributed by atoms with E-state index in [1.54, 1.807) is 7.11 Å². The molecule has 0 heterocycles. The molecule has 0 aromatic heterocycles. The highest BCUT2D eigenvalue weighted by Gasteiger charge is 2.83. The number of rotatable bonds is 6. The molecule has 5 aliphatic rings. The minimum atomic E-state index is -0.354. The fourth-order valence-electron chi connectivity index (χ4n) is 11.3. The van der Waals surface area contributed by atoms with E-state index in [1.807, 2.05) is 0 Å². The second kappa shape index (κ2) is 7.94. The Bertz CT molecular complexity index is 931. The highest BCUT2D eigenvalue weighted by Crippen LogP contribution is 2.89. The zero-order chi connectivity index (χ0) is 25.6. The zero-order valence-corrected chi connectivity index (χ0v) is 23.6. The maximum Gasteiger partial charge on any atom is 0.312 e. The van der Waals surface area contributed by atoms with Crippen molar-refractivity contribution in [1.29, 1.82) is 0 Å². The van der Waals surface area contributed by atoms with Crippen LogP contribution in [0.1, 0.15) is 112 Å². The van der Waals surface area contributed by atoms with Gasteiger partial charge in [0.25, 0.3) is 0 Å². The standard InChI is InChI=1S/C32H50O3/c1-20(2)21(3)9-10-22(4)23-13-15-29(7)25-12-11-24-28(5,6)26(33)14-16-30(24)19-31(25,30)17-18-32(23,29)27(34)35-8/h20,22-25H,3,9-19H2,1-2,4-8H3/t22-,23-,24+,25+,29+,30-,31+,32-/m1/s1. The van der Waals surface area contributed by atoms with Gasteiger partial charge in [0.1, 0.15) is 5.78 Å². The maximum atomic E-state index is 13.9. The highest BCUT2D eigenvalue weighted by molar-refractivity contribution is 5.86. The number of methoxy groups -OCH3 is 1. The van der Waals surface area contributed by atoms with Gasteiger partial charge in [-0.3, -0.25) is 9.59 Å². The summed E-state index contributed by atoms with van der Waals surface area (Å²) >= 11 is 0. The molecular weight excluding hydrogens is 432 g/mol. The molecule has 0 aromatic rings. The predicted octanol–water partition coefficient (Wildman–Crippen LogP) is 7.78. The normalized spacial score (nSPS) is 46.2. The van der Waals surface area contributed by atoms with Crippen LogP contribution in [-0.2, 0) is 14.3 Å². The molecule has 3 heteroatoms. The van der Waals surface area contributed by atoms with E-state index in [1.165, 1.54) is 18.4 Å². The fraction of sp³-hybridized carbons (Fsp3) is 0.875. The van der Waals surface area contributed by atoms with Crippen LogP contribution in [-0.4, -0.2) is 18.9 Å². The number of Topliss-reactive ketones (excluding diaryl/α,β-unsaturated/α-hetero) is 1. The number of ketones is 1. The molecule has 8 atom stereocenters. The lowest BCUT2D eigenvalue weighted by Crippen LogP contribution is -2.60. The van der Waals surface area contributed by atoms with Crippen LogP contribution in [0.2, 0.25) is 0 Å². The third-order valence-corrected chi connectivity index (χ3v) is 13.3. The largest absolute Gasteiger partial charge is 0.469 e. The molecule has 0 saturated heterocycles. The quantitative estimate of drug-likeness (QED) is 0.287. The first-order valence-corrected chi connectivity index (χ1v) is 14.6. The van der Waals surface area contributed by atoms with Crippen LogP contribution in [0.15, 0.2) is 12.2 Å². The van der Waals surface area contributed by atoms with Gasteiger partial charge in [-0.1, -0.05) is 53.7 Å². The first-order valence-electron chi connectivity index (χ1n) is 14.6. The van der Waals surface area contributed by atoms with Gasteiger partial charge in [0, 0.05) is 11.8 Å². The van der Waals surface area contributed by atoms with Gasteiger partial charge < -0.3 is 4.74 Å². The molecule has 2 spiro atoms. The molecule has 5 fully saturated rings. The molecule has 0 amide bonds. The van der Waals surface area contributed by atoms with Crippen LogP contribution in [0.3, 0.4) is 0 Å². The molecule has 35 heavy (non-hydrogen) atoms. The smallest absolute Gasteiger partial charge is 0.312 e. The molecule has 5 aliphatic carbocycles. The van der Waals surface area contributed by atoms with E-state index in [2.05, 4.69) is 48.1 Å². The van der Waals surface area contributed by atoms with E-state index in [-0.39, 0.29) is 22.2 Å². The van der Waals surface area contributed by atoms with Crippen LogP contribution < -0.4 is 0 Å². The van der Waals surface area contributed by atoms with Gasteiger partial charge in [-0.05, 0) is 110 Å². The number of fused-ring (bicyclic) bond motifs is 2. The fourth-order valence-corrected chi connectivity index (χ4v) is 11.3. The van der Waals surface area contributed by atoms with E-state index < -0.39 is 0 Å². The molecular formula is C32H50O3. The summed E-state index contributed by atoms with van der Waals surface area (Å²) in [5.74, 6) is 3.09. The summed E-state index contributed by atoms with van der Waals surface area (Å²) in [4.78, 5) is 26.8. The van der Waals surface area contributed by atoms with Crippen molar-refractivity contribution < 1.29 is 14.3 Å². The van der Waals surface area contributed by atoms with Crippen LogP contribution in [0, 0.1) is 56.7 Å². The van der Waals surface area contributed by atoms with Crippen molar-refractivity contribution in [2.45, 2.75) is 112 Å². The Kier molecular flexibility index (Phi) is 5.79. The second-order valence-electron chi connectivity index (χ2n) is 14.7. The van der Waals surface area contributed by atoms with Gasteiger partial charge in [-0.2, -0.15) is 0 Å². The van der Waals surface area contributed by atoms with Gasteiger partial charge >= 0.3 is 5.97 Å². The molecule has 0 radical (unpaired) electrons. The van der Waals surface area contributed by atoms with Crippen molar-refractivity contribution in [3.8, 4) is 0 Å². The predicted molar refractivity (Wildman–Crippen MR) is 141 cm³/mol. The first kappa shape index (κ1) is 25.5. The van der Waals surface area contributed by atoms with Gasteiger partial charge in [-0.15, -0.1) is 0 Å². The number of hydrogen-bond donors (Lipinski definition) is 0. The summed E-state index contributed by atoms with van der Waals surface area (Å²) < 4.78 is 5.68. The lowest BCUT2D eigenvalue weighted by atomic mass is 9.41. The Hall–Kier alpha value is -1.12. The number of esters is 1. The molecule has 0 unspecified atom stereocenters. The van der Waals surface area contributed by atoms with Crippen molar-refractivity contribution in [3.05, 3.63) is 12.2 Å². The Morgan fingerprint density at radius 3 is 2.31 bits per heavy atom. The number of ether oxygens (including phenoxy) is 1. The van der Waals surface area contributed by atoms with E-state index >= 15 is 0 Å².